The minimum absolute atomic E-state index is 0.345. The van der Waals surface area contributed by atoms with Crippen molar-refractivity contribution in [1.29, 1.82) is 0 Å². The van der Waals surface area contributed by atoms with Crippen LogP contribution in [-0.2, 0) is 6.42 Å². The Morgan fingerprint density at radius 2 is 1.93 bits per heavy atom. The summed E-state index contributed by atoms with van der Waals surface area (Å²) in [5, 5.41) is 15.9. The third kappa shape index (κ3) is 3.99. The van der Waals surface area contributed by atoms with Gasteiger partial charge in [-0.05, 0) is 66.3 Å². The Bertz CT molecular complexity index is 829. The van der Waals surface area contributed by atoms with E-state index in [-0.39, 0.29) is 0 Å². The fraction of sp³-hybridized carbons (Fsp3) is 0.450. The second-order valence-electron chi connectivity index (χ2n) is 7.54. The van der Waals surface area contributed by atoms with E-state index in [0.29, 0.717) is 41.5 Å². The molecule has 0 aliphatic carbocycles. The van der Waals surface area contributed by atoms with Crippen molar-refractivity contribution in [3.05, 3.63) is 52.4 Å². The largest absolute Gasteiger partial charge is 0.465 e. The van der Waals surface area contributed by atoms with Crippen LogP contribution in [0, 0.1) is 17.6 Å². The van der Waals surface area contributed by atoms with Crippen LogP contribution in [0.1, 0.15) is 36.8 Å². The summed E-state index contributed by atoms with van der Waals surface area (Å²) in [6, 6.07) is 6.70. The van der Waals surface area contributed by atoms with Crippen molar-refractivity contribution in [2.24, 2.45) is 5.92 Å². The highest BCUT2D eigenvalue weighted by atomic mass is 32.1. The summed E-state index contributed by atoms with van der Waals surface area (Å²) in [5.41, 5.74) is 1.45. The number of carbonyl (C=O) groups is 1. The summed E-state index contributed by atoms with van der Waals surface area (Å²) in [4.78, 5) is 13.4. The molecule has 2 saturated heterocycles. The molecule has 2 bridgehead atoms. The van der Waals surface area contributed by atoms with Gasteiger partial charge in [0.25, 0.3) is 0 Å². The van der Waals surface area contributed by atoms with Crippen molar-refractivity contribution in [2.75, 3.05) is 11.4 Å². The minimum Gasteiger partial charge on any atom is -0.465 e. The lowest BCUT2D eigenvalue weighted by Crippen LogP contribution is -2.43. The number of hydrogen-bond acceptors (Lipinski definition) is 3. The molecule has 4 nitrogen and oxygen atoms in total. The zero-order valence-corrected chi connectivity index (χ0v) is 15.6. The van der Waals surface area contributed by atoms with E-state index < -0.39 is 17.7 Å². The van der Waals surface area contributed by atoms with Crippen molar-refractivity contribution >= 4 is 22.4 Å². The Morgan fingerprint density at radius 1 is 1.19 bits per heavy atom. The SMILES string of the molecule is O=C(O)N(CC1CC2CCC(C1)N2)c1sccc1Cc1ccc(F)c(F)c1. The molecule has 4 rings (SSSR count). The van der Waals surface area contributed by atoms with Crippen LogP contribution >= 0.6 is 11.3 Å². The van der Waals surface area contributed by atoms with Crippen molar-refractivity contribution in [1.82, 2.24) is 5.32 Å². The van der Waals surface area contributed by atoms with E-state index in [0.717, 1.165) is 24.5 Å². The molecule has 0 saturated carbocycles. The van der Waals surface area contributed by atoms with E-state index in [9.17, 15) is 18.7 Å². The quantitative estimate of drug-likeness (QED) is 0.780. The summed E-state index contributed by atoms with van der Waals surface area (Å²) in [7, 11) is 0. The number of piperidine rings is 1. The Hall–Kier alpha value is -1.99. The predicted octanol–water partition coefficient (Wildman–Crippen LogP) is 4.63. The van der Waals surface area contributed by atoms with Gasteiger partial charge in [-0.25, -0.2) is 13.6 Å². The number of fused-ring (bicyclic) bond motifs is 2. The molecule has 2 aromatic rings. The number of rotatable bonds is 5. The van der Waals surface area contributed by atoms with Gasteiger partial charge >= 0.3 is 6.09 Å². The molecule has 2 atom stereocenters. The van der Waals surface area contributed by atoms with Gasteiger partial charge in [-0.1, -0.05) is 6.07 Å². The topological polar surface area (TPSA) is 52.6 Å². The van der Waals surface area contributed by atoms with Crippen LogP contribution in [0.2, 0.25) is 0 Å². The highest BCUT2D eigenvalue weighted by molar-refractivity contribution is 7.14. The van der Waals surface area contributed by atoms with Gasteiger partial charge in [0.05, 0.1) is 0 Å². The zero-order chi connectivity index (χ0) is 19.0. The average molecular weight is 392 g/mol. The molecule has 1 aromatic carbocycles. The second kappa shape index (κ2) is 7.56. The van der Waals surface area contributed by atoms with Crippen LogP contribution in [0.3, 0.4) is 0 Å². The third-order valence-electron chi connectivity index (χ3n) is 5.59. The fourth-order valence-corrected chi connectivity index (χ4v) is 5.33. The Labute approximate surface area is 160 Å². The number of carboxylic acid groups (broad SMARTS) is 1. The van der Waals surface area contributed by atoms with Crippen molar-refractivity contribution < 1.29 is 18.7 Å². The number of benzene rings is 1. The lowest BCUT2D eigenvalue weighted by molar-refractivity contribution is 0.198. The van der Waals surface area contributed by atoms with E-state index in [1.54, 1.807) is 0 Å². The minimum atomic E-state index is -0.963. The fourth-order valence-electron chi connectivity index (χ4n) is 4.40. The number of thiophene rings is 1. The van der Waals surface area contributed by atoms with Crippen molar-refractivity contribution in [2.45, 2.75) is 44.2 Å². The third-order valence-corrected chi connectivity index (χ3v) is 6.57. The van der Waals surface area contributed by atoms with Gasteiger partial charge in [-0.15, -0.1) is 11.3 Å². The second-order valence-corrected chi connectivity index (χ2v) is 8.44. The van der Waals surface area contributed by atoms with Crippen LogP contribution in [0.25, 0.3) is 0 Å². The predicted molar refractivity (Wildman–Crippen MR) is 102 cm³/mol. The first kappa shape index (κ1) is 18.4. The summed E-state index contributed by atoms with van der Waals surface area (Å²) in [6.07, 6.45) is 3.77. The maximum Gasteiger partial charge on any atom is 0.412 e. The summed E-state index contributed by atoms with van der Waals surface area (Å²) in [5.74, 6) is -1.42. The van der Waals surface area contributed by atoms with Gasteiger partial charge in [0.1, 0.15) is 5.00 Å². The van der Waals surface area contributed by atoms with Crippen LogP contribution in [0.5, 0.6) is 0 Å². The van der Waals surface area contributed by atoms with Crippen LogP contribution < -0.4 is 10.2 Å². The van der Waals surface area contributed by atoms with Gasteiger partial charge in [0.15, 0.2) is 11.6 Å². The van der Waals surface area contributed by atoms with E-state index in [2.05, 4.69) is 5.32 Å². The van der Waals surface area contributed by atoms with Gasteiger partial charge in [0, 0.05) is 25.0 Å². The molecular weight excluding hydrogens is 370 g/mol. The molecule has 2 N–H and O–H groups in total. The molecule has 1 amide bonds. The van der Waals surface area contributed by atoms with Crippen LogP contribution in [0.4, 0.5) is 18.6 Å². The molecular formula is C20H22F2N2O2S. The molecule has 1 aromatic heterocycles. The molecule has 27 heavy (non-hydrogen) atoms. The molecule has 7 heteroatoms. The number of anilines is 1. The van der Waals surface area contributed by atoms with Crippen LogP contribution in [0.15, 0.2) is 29.6 Å². The summed E-state index contributed by atoms with van der Waals surface area (Å²) in [6.45, 7) is 0.481. The van der Waals surface area contributed by atoms with E-state index in [1.807, 2.05) is 11.4 Å². The Morgan fingerprint density at radius 3 is 2.59 bits per heavy atom. The van der Waals surface area contributed by atoms with E-state index in [1.165, 1.54) is 41.2 Å². The molecule has 2 unspecified atom stereocenters. The molecule has 144 valence electrons. The van der Waals surface area contributed by atoms with Gasteiger partial charge in [-0.2, -0.15) is 0 Å². The van der Waals surface area contributed by atoms with E-state index >= 15 is 0 Å². The number of halogens is 2. The van der Waals surface area contributed by atoms with Gasteiger partial charge in [-0.3, -0.25) is 4.90 Å². The summed E-state index contributed by atoms with van der Waals surface area (Å²) < 4.78 is 26.7. The van der Waals surface area contributed by atoms with Gasteiger partial charge in [0.2, 0.25) is 0 Å². The molecule has 2 fully saturated rings. The van der Waals surface area contributed by atoms with Gasteiger partial charge < -0.3 is 10.4 Å². The number of hydrogen-bond donors (Lipinski definition) is 2. The molecule has 2 aliphatic heterocycles. The number of amides is 1. The molecule has 0 spiro atoms. The Balaban J connectivity index is 1.52. The first-order valence-corrected chi connectivity index (χ1v) is 10.1. The van der Waals surface area contributed by atoms with Crippen molar-refractivity contribution in [3.8, 4) is 0 Å². The van der Waals surface area contributed by atoms with Crippen molar-refractivity contribution in [3.63, 3.8) is 0 Å². The number of nitrogens with one attached hydrogen (secondary N) is 1. The zero-order valence-electron chi connectivity index (χ0n) is 14.8. The maximum absolute atomic E-state index is 13.5. The van der Waals surface area contributed by atoms with Crippen LogP contribution in [-0.4, -0.2) is 29.8 Å². The number of nitrogens with zero attached hydrogens (tertiary/aromatic N) is 1. The average Bonchev–Trinajstić information content (AvgIpc) is 3.22. The maximum atomic E-state index is 13.5. The van der Waals surface area contributed by atoms with E-state index in [4.69, 9.17) is 0 Å². The first-order valence-electron chi connectivity index (χ1n) is 9.26. The summed E-state index contributed by atoms with van der Waals surface area (Å²) >= 11 is 1.38. The molecule has 2 aliphatic rings. The lowest BCUT2D eigenvalue weighted by atomic mass is 9.92. The highest BCUT2D eigenvalue weighted by Gasteiger charge is 2.35. The highest BCUT2D eigenvalue weighted by Crippen LogP contribution is 2.35. The first-order chi connectivity index (χ1) is 13.0. The smallest absolute Gasteiger partial charge is 0.412 e. The molecule has 3 heterocycles. The normalized spacial score (nSPS) is 24.1. The lowest BCUT2D eigenvalue weighted by Gasteiger charge is -2.32. The standard InChI is InChI=1S/C20H22F2N2O2S/c21-17-4-1-12(10-18(17)22)7-14-5-6-27-19(14)24(20(25)26)11-13-8-15-2-3-16(9-13)23-15/h1,4-6,10,13,15-16,23H,2-3,7-9,11H2,(H,25,26). The Kier molecular flexibility index (Phi) is 5.14. The molecule has 0 radical (unpaired) electrons. The monoisotopic (exact) mass is 392 g/mol.